The minimum atomic E-state index is -1.08. The number of allylic oxidation sites excluding steroid dienone is 2. The van der Waals surface area contributed by atoms with Gasteiger partial charge in [0.25, 0.3) is 0 Å². The van der Waals surface area contributed by atoms with E-state index in [0.717, 1.165) is 6.92 Å². The van der Waals surface area contributed by atoms with E-state index in [0.29, 0.717) is 0 Å². The summed E-state index contributed by atoms with van der Waals surface area (Å²) in [6.45, 7) is 0.972. The normalized spacial score (nSPS) is 10.8. The number of aliphatic carboxylic acids is 1. The third-order valence-corrected chi connectivity index (χ3v) is 1.06. The summed E-state index contributed by atoms with van der Waals surface area (Å²) in [7, 11) is 0. The summed E-state index contributed by atoms with van der Waals surface area (Å²) in [6, 6.07) is 0. The zero-order valence-electron chi connectivity index (χ0n) is 7.03. The first-order valence-corrected chi connectivity index (χ1v) is 3.52. The van der Waals surface area contributed by atoms with Gasteiger partial charge in [-0.15, -0.1) is 0 Å². The molecule has 0 unspecified atom stereocenters. The monoisotopic (exact) mass is 215 g/mol. The molecule has 1 aliphatic heterocycles. The molecule has 0 spiro atoms. The van der Waals surface area contributed by atoms with Crippen molar-refractivity contribution in [1.29, 1.82) is 0 Å². The number of hydrogen-bond donors (Lipinski definition) is 1. The van der Waals surface area contributed by atoms with Gasteiger partial charge in [-0.3, -0.25) is 0 Å². The van der Waals surface area contributed by atoms with Gasteiger partial charge in [0.05, 0.1) is 0 Å². The molecule has 1 aliphatic rings. The molecule has 64 valence electrons. The van der Waals surface area contributed by atoms with Crippen molar-refractivity contribution in [3.63, 3.8) is 0 Å². The molecule has 0 atom stereocenters. The van der Waals surface area contributed by atoms with Gasteiger partial charge < -0.3 is 20.1 Å². The summed E-state index contributed by atoms with van der Waals surface area (Å²) in [5.41, 5.74) is 0. The molecule has 0 aromatic heterocycles. The topological polar surface area (TPSA) is 83.7 Å². The van der Waals surface area contributed by atoms with Crippen LogP contribution in [0.15, 0.2) is 23.8 Å². The molecular weight excluding hydrogens is 205 g/mol. The predicted octanol–water partition coefficient (Wildman–Crippen LogP) is -3.80. The van der Waals surface area contributed by atoms with E-state index in [9.17, 15) is 0 Å². The predicted molar refractivity (Wildman–Crippen MR) is 43.3 cm³/mol. The maximum absolute atomic E-state index is 8.89. The average Bonchev–Trinajstić information content (AvgIpc) is 1.90. The molecule has 3 N–H and O–H groups in total. The maximum atomic E-state index is 8.89. The van der Waals surface area contributed by atoms with Gasteiger partial charge in [-0.1, -0.05) is 6.08 Å². The number of carbonyl (C=O) groups is 1. The minimum absolute atomic E-state index is 0. The van der Waals surface area contributed by atoms with Crippen LogP contribution in [0.1, 0.15) is 6.92 Å². The summed E-state index contributed by atoms with van der Waals surface area (Å²) in [6.07, 6.45) is 5.84. The van der Waals surface area contributed by atoms with Gasteiger partial charge in [-0.25, -0.2) is 0 Å². The van der Waals surface area contributed by atoms with Crippen molar-refractivity contribution in [2.75, 3.05) is 0 Å². The molecule has 0 aromatic carbocycles. The van der Waals surface area contributed by atoms with Gasteiger partial charge in [-0.2, -0.15) is 0 Å². The Balaban J connectivity index is -0.000000124. The Morgan fingerprint density at radius 2 is 2.00 bits per heavy atom. The molecule has 0 saturated carbocycles. The minimum Gasteiger partial charge on any atom is -0.550 e. The number of carboxylic acid groups (broad SMARTS) is 1. The van der Waals surface area contributed by atoms with Crippen LogP contribution in [0.5, 0.6) is 0 Å². The van der Waals surface area contributed by atoms with E-state index in [1.165, 1.54) is 0 Å². The van der Waals surface area contributed by atoms with E-state index in [4.69, 9.17) is 9.90 Å². The molecule has 1 heterocycles. The fraction of sp³-hybridized carbons (Fsp3) is 0.167. The Hall–Kier alpha value is 0.696. The van der Waals surface area contributed by atoms with Crippen molar-refractivity contribution in [2.45, 2.75) is 6.92 Å². The van der Waals surface area contributed by atoms with E-state index in [-0.39, 0.29) is 56.9 Å². The van der Waals surface area contributed by atoms with Crippen LogP contribution in [0.25, 0.3) is 0 Å². The fourth-order valence-corrected chi connectivity index (χ4v) is 0.663. The largest absolute Gasteiger partial charge is 1.00 e. The van der Waals surface area contributed by atoms with Gasteiger partial charge in [0, 0.05) is 12.2 Å². The van der Waals surface area contributed by atoms with Crippen LogP contribution in [-0.4, -0.2) is 11.4 Å². The Morgan fingerprint density at radius 3 is 2.08 bits per heavy atom. The second kappa shape index (κ2) is 14.2. The molecule has 0 bridgehead atoms. The molecular formula is C6H10KNO3S. The van der Waals surface area contributed by atoms with Crippen molar-refractivity contribution in [3.8, 4) is 0 Å². The molecule has 0 radical (unpaired) electrons. The molecule has 0 amide bonds. The van der Waals surface area contributed by atoms with E-state index < -0.39 is 5.97 Å². The van der Waals surface area contributed by atoms with Gasteiger partial charge in [0.15, 0.2) is 0 Å². The van der Waals surface area contributed by atoms with Crippen molar-refractivity contribution < 1.29 is 66.8 Å². The van der Waals surface area contributed by atoms with Crippen LogP contribution in [0.2, 0.25) is 0 Å². The second-order valence-corrected chi connectivity index (χ2v) is 2.16. The van der Waals surface area contributed by atoms with Crippen LogP contribution in [0.3, 0.4) is 0 Å². The third-order valence-electron chi connectivity index (χ3n) is 0.490. The summed E-state index contributed by atoms with van der Waals surface area (Å²) >= 11 is 1.58. The van der Waals surface area contributed by atoms with Crippen LogP contribution in [0, 0.1) is 0 Å². The SMILES string of the molecule is C1=CNSC=C1.CC(=O)[O-].O.[K+]. The maximum Gasteiger partial charge on any atom is 1.00 e. The molecule has 0 fully saturated rings. The van der Waals surface area contributed by atoms with E-state index in [2.05, 4.69) is 4.72 Å². The smallest absolute Gasteiger partial charge is 0.550 e. The van der Waals surface area contributed by atoms with E-state index >= 15 is 0 Å². The zero-order valence-corrected chi connectivity index (χ0v) is 11.0. The van der Waals surface area contributed by atoms with Gasteiger partial charge in [0.1, 0.15) is 0 Å². The Kier molecular flexibility index (Phi) is 21.9. The number of carbonyl (C=O) groups excluding carboxylic acids is 1. The average molecular weight is 215 g/mol. The first-order valence-electron chi connectivity index (χ1n) is 2.64. The Morgan fingerprint density at radius 1 is 1.50 bits per heavy atom. The zero-order chi connectivity index (χ0) is 7.82. The second-order valence-electron chi connectivity index (χ2n) is 1.41. The van der Waals surface area contributed by atoms with Gasteiger partial charge >= 0.3 is 51.4 Å². The van der Waals surface area contributed by atoms with Crippen molar-refractivity contribution >= 4 is 17.9 Å². The molecule has 6 heteroatoms. The first kappa shape index (κ1) is 18.5. The third kappa shape index (κ3) is 22.4. The summed E-state index contributed by atoms with van der Waals surface area (Å²) in [4.78, 5) is 8.89. The summed E-state index contributed by atoms with van der Waals surface area (Å²) in [5, 5.41) is 10.9. The molecule has 12 heavy (non-hydrogen) atoms. The summed E-state index contributed by atoms with van der Waals surface area (Å²) in [5.74, 6) is -1.08. The molecule has 4 nitrogen and oxygen atoms in total. The Bertz CT molecular complexity index is 145. The number of hydrogen-bond acceptors (Lipinski definition) is 4. The standard InChI is InChI=1S/C4H5NS.C2H4O2.K.H2O/c1-2-4-6-5-3-1;1-2(3)4;;/h1-5H;1H3,(H,3,4);;1H2/q;;+1;/p-1. The van der Waals surface area contributed by atoms with Crippen molar-refractivity contribution in [1.82, 2.24) is 4.72 Å². The summed E-state index contributed by atoms with van der Waals surface area (Å²) < 4.78 is 2.93. The van der Waals surface area contributed by atoms with Crippen molar-refractivity contribution in [3.05, 3.63) is 23.8 Å². The van der Waals surface area contributed by atoms with Gasteiger partial charge in [-0.05, 0) is 30.4 Å². The van der Waals surface area contributed by atoms with Gasteiger partial charge in [0.2, 0.25) is 0 Å². The van der Waals surface area contributed by atoms with Crippen LogP contribution >= 0.6 is 11.9 Å². The van der Waals surface area contributed by atoms with Crippen LogP contribution in [0.4, 0.5) is 0 Å². The van der Waals surface area contributed by atoms with E-state index in [1.54, 1.807) is 11.9 Å². The number of nitrogens with one attached hydrogen (secondary N) is 1. The molecule has 1 rings (SSSR count). The van der Waals surface area contributed by atoms with Crippen molar-refractivity contribution in [2.24, 2.45) is 0 Å². The quantitative estimate of drug-likeness (QED) is 0.332. The van der Waals surface area contributed by atoms with Crippen LogP contribution < -0.4 is 61.2 Å². The Labute approximate surface area is 118 Å². The molecule has 0 aliphatic carbocycles. The fourth-order valence-electron chi connectivity index (χ4n) is 0.258. The number of rotatable bonds is 0. The molecule has 0 aromatic rings. The molecule has 0 saturated heterocycles. The number of carboxylic acids is 1. The first-order chi connectivity index (χ1) is 4.73. The van der Waals surface area contributed by atoms with E-state index in [1.807, 2.05) is 23.8 Å². The van der Waals surface area contributed by atoms with Crippen LogP contribution in [-0.2, 0) is 4.79 Å².